The van der Waals surface area contributed by atoms with Gasteiger partial charge in [0.15, 0.2) is 0 Å². The van der Waals surface area contributed by atoms with Crippen LogP contribution in [0.3, 0.4) is 0 Å². The van der Waals surface area contributed by atoms with Crippen molar-refractivity contribution >= 4 is 11.8 Å². The number of nitrogens with zero attached hydrogens (tertiary/aromatic N) is 1. The topological polar surface area (TPSA) is 15.3 Å². The van der Waals surface area contributed by atoms with E-state index in [0.29, 0.717) is 6.04 Å². The first-order valence-electron chi connectivity index (χ1n) is 7.92. The van der Waals surface area contributed by atoms with Gasteiger partial charge in [-0.2, -0.15) is 11.8 Å². The zero-order valence-electron chi connectivity index (χ0n) is 12.5. The summed E-state index contributed by atoms with van der Waals surface area (Å²) in [6, 6.07) is 9.82. The smallest absolute Gasteiger partial charge is 0.0439 e. The lowest BCUT2D eigenvalue weighted by Crippen LogP contribution is -2.41. The van der Waals surface area contributed by atoms with Gasteiger partial charge in [0.25, 0.3) is 0 Å². The normalized spacial score (nSPS) is 25.8. The average Bonchev–Trinajstić information content (AvgIpc) is 2.50. The van der Waals surface area contributed by atoms with Crippen molar-refractivity contribution in [3.63, 3.8) is 0 Å². The number of piperidine rings is 1. The van der Waals surface area contributed by atoms with Crippen LogP contribution < -0.4 is 5.32 Å². The Balaban J connectivity index is 1.68. The summed E-state index contributed by atoms with van der Waals surface area (Å²) in [4.78, 5) is 2.75. The molecular formula is C17H26N2S. The monoisotopic (exact) mass is 290 g/mol. The van der Waals surface area contributed by atoms with Crippen molar-refractivity contribution in [2.75, 3.05) is 37.7 Å². The first-order valence-corrected chi connectivity index (χ1v) is 9.07. The molecule has 110 valence electrons. The van der Waals surface area contributed by atoms with E-state index in [9.17, 15) is 0 Å². The van der Waals surface area contributed by atoms with E-state index in [1.54, 1.807) is 0 Å². The number of nitrogens with one attached hydrogen (secondary N) is 1. The SMILES string of the molecule is Cc1ccc(C2CSCCN2CC2CCNCC2)cc1. The van der Waals surface area contributed by atoms with E-state index in [-0.39, 0.29) is 0 Å². The van der Waals surface area contributed by atoms with Crippen LogP contribution in [0.15, 0.2) is 24.3 Å². The maximum absolute atomic E-state index is 3.48. The van der Waals surface area contributed by atoms with Crippen LogP contribution in [0.1, 0.15) is 30.0 Å². The van der Waals surface area contributed by atoms with E-state index < -0.39 is 0 Å². The molecule has 2 aliphatic heterocycles. The predicted octanol–water partition coefficient (Wildman–Crippen LogP) is 3.08. The van der Waals surface area contributed by atoms with E-state index in [2.05, 4.69) is 53.2 Å². The Morgan fingerprint density at radius 1 is 1.20 bits per heavy atom. The molecule has 2 fully saturated rings. The molecule has 0 amide bonds. The van der Waals surface area contributed by atoms with Gasteiger partial charge in [-0.1, -0.05) is 29.8 Å². The first-order chi connectivity index (χ1) is 9.83. The van der Waals surface area contributed by atoms with Crippen molar-refractivity contribution in [1.29, 1.82) is 0 Å². The maximum Gasteiger partial charge on any atom is 0.0439 e. The van der Waals surface area contributed by atoms with Crippen molar-refractivity contribution in [2.45, 2.75) is 25.8 Å². The molecule has 20 heavy (non-hydrogen) atoms. The van der Waals surface area contributed by atoms with Crippen molar-refractivity contribution in [3.05, 3.63) is 35.4 Å². The molecule has 1 N–H and O–H groups in total. The third kappa shape index (κ3) is 3.57. The second kappa shape index (κ2) is 6.97. The van der Waals surface area contributed by atoms with Crippen molar-refractivity contribution in [3.8, 4) is 0 Å². The molecule has 0 aromatic heterocycles. The lowest BCUT2D eigenvalue weighted by atomic mass is 9.96. The molecule has 0 spiro atoms. The second-order valence-electron chi connectivity index (χ2n) is 6.19. The Morgan fingerprint density at radius 2 is 1.95 bits per heavy atom. The van der Waals surface area contributed by atoms with Crippen LogP contribution in [0, 0.1) is 12.8 Å². The standard InChI is InChI=1S/C17H26N2S/c1-14-2-4-16(5-3-14)17-13-20-11-10-19(17)12-15-6-8-18-9-7-15/h2-5,15,17-18H,6-13H2,1H3. The summed E-state index contributed by atoms with van der Waals surface area (Å²) >= 11 is 2.11. The number of thioether (sulfide) groups is 1. The molecule has 3 rings (SSSR count). The average molecular weight is 290 g/mol. The zero-order chi connectivity index (χ0) is 13.8. The highest BCUT2D eigenvalue weighted by Crippen LogP contribution is 2.31. The minimum atomic E-state index is 0.629. The molecule has 0 bridgehead atoms. The fraction of sp³-hybridized carbons (Fsp3) is 0.647. The lowest BCUT2D eigenvalue weighted by molar-refractivity contribution is 0.168. The molecule has 2 saturated heterocycles. The van der Waals surface area contributed by atoms with Crippen LogP contribution in [0.2, 0.25) is 0 Å². The van der Waals surface area contributed by atoms with Gasteiger partial charge in [0.1, 0.15) is 0 Å². The minimum Gasteiger partial charge on any atom is -0.317 e. The molecule has 1 atom stereocenters. The van der Waals surface area contributed by atoms with Gasteiger partial charge in [-0.3, -0.25) is 4.90 Å². The summed E-state index contributed by atoms with van der Waals surface area (Å²) in [5.41, 5.74) is 2.87. The van der Waals surface area contributed by atoms with Crippen molar-refractivity contribution in [2.24, 2.45) is 5.92 Å². The largest absolute Gasteiger partial charge is 0.317 e. The molecule has 1 aromatic carbocycles. The zero-order valence-corrected chi connectivity index (χ0v) is 13.3. The molecule has 0 radical (unpaired) electrons. The maximum atomic E-state index is 3.48. The molecule has 1 unspecified atom stereocenters. The number of rotatable bonds is 3. The molecule has 2 heterocycles. The van der Waals surface area contributed by atoms with Gasteiger partial charge >= 0.3 is 0 Å². The Bertz CT molecular complexity index is 412. The Morgan fingerprint density at radius 3 is 2.70 bits per heavy atom. The fourth-order valence-corrected chi connectivity index (χ4v) is 4.50. The highest BCUT2D eigenvalue weighted by molar-refractivity contribution is 7.99. The molecule has 0 saturated carbocycles. The number of benzene rings is 1. The Labute approximate surface area is 127 Å². The Kier molecular flexibility index (Phi) is 5.03. The molecule has 2 nitrogen and oxygen atoms in total. The second-order valence-corrected chi connectivity index (χ2v) is 7.34. The quantitative estimate of drug-likeness (QED) is 0.921. The van der Waals surface area contributed by atoms with Gasteiger partial charge < -0.3 is 5.32 Å². The first kappa shape index (κ1) is 14.4. The molecule has 3 heteroatoms. The van der Waals surface area contributed by atoms with Crippen LogP contribution in [0.5, 0.6) is 0 Å². The van der Waals surface area contributed by atoms with Crippen LogP contribution in [-0.2, 0) is 0 Å². The summed E-state index contributed by atoms with van der Waals surface area (Å²) in [5.74, 6) is 3.45. The number of hydrogen-bond acceptors (Lipinski definition) is 3. The Hall–Kier alpha value is -0.510. The van der Waals surface area contributed by atoms with Crippen LogP contribution in [0.4, 0.5) is 0 Å². The highest BCUT2D eigenvalue weighted by atomic mass is 32.2. The van der Waals surface area contributed by atoms with Gasteiger partial charge in [0, 0.05) is 30.6 Å². The van der Waals surface area contributed by atoms with Crippen LogP contribution in [-0.4, -0.2) is 42.6 Å². The van der Waals surface area contributed by atoms with Gasteiger partial charge in [-0.25, -0.2) is 0 Å². The molecular weight excluding hydrogens is 264 g/mol. The van der Waals surface area contributed by atoms with E-state index in [1.165, 1.54) is 61.7 Å². The van der Waals surface area contributed by atoms with Crippen molar-refractivity contribution < 1.29 is 0 Å². The van der Waals surface area contributed by atoms with E-state index in [4.69, 9.17) is 0 Å². The summed E-state index contributed by atoms with van der Waals surface area (Å²) in [5, 5.41) is 3.48. The van der Waals surface area contributed by atoms with E-state index >= 15 is 0 Å². The van der Waals surface area contributed by atoms with Gasteiger partial charge in [-0.15, -0.1) is 0 Å². The van der Waals surface area contributed by atoms with Gasteiger partial charge in [0.05, 0.1) is 0 Å². The molecule has 2 aliphatic rings. The number of aryl methyl sites for hydroxylation is 1. The minimum absolute atomic E-state index is 0.629. The van der Waals surface area contributed by atoms with E-state index in [1.807, 2.05) is 0 Å². The van der Waals surface area contributed by atoms with Crippen molar-refractivity contribution in [1.82, 2.24) is 10.2 Å². The molecule has 1 aromatic rings. The summed E-state index contributed by atoms with van der Waals surface area (Å²) in [6.07, 6.45) is 2.70. The lowest BCUT2D eigenvalue weighted by Gasteiger charge is -2.39. The summed E-state index contributed by atoms with van der Waals surface area (Å²) < 4.78 is 0. The van der Waals surface area contributed by atoms with Crippen LogP contribution in [0.25, 0.3) is 0 Å². The van der Waals surface area contributed by atoms with Gasteiger partial charge in [-0.05, 0) is 44.3 Å². The fourth-order valence-electron chi connectivity index (χ4n) is 3.35. The number of hydrogen-bond donors (Lipinski definition) is 1. The van der Waals surface area contributed by atoms with Gasteiger partial charge in [0.2, 0.25) is 0 Å². The van der Waals surface area contributed by atoms with E-state index in [0.717, 1.165) is 5.92 Å². The third-order valence-electron chi connectivity index (χ3n) is 4.65. The third-order valence-corrected chi connectivity index (χ3v) is 5.68. The summed E-state index contributed by atoms with van der Waals surface area (Å²) in [6.45, 7) is 7.14. The highest BCUT2D eigenvalue weighted by Gasteiger charge is 2.27. The van der Waals surface area contributed by atoms with Crippen LogP contribution >= 0.6 is 11.8 Å². The molecule has 0 aliphatic carbocycles. The predicted molar refractivity (Wildman–Crippen MR) is 88.4 cm³/mol. The summed E-state index contributed by atoms with van der Waals surface area (Å²) in [7, 11) is 0.